The highest BCUT2D eigenvalue weighted by Crippen LogP contribution is 2.24. The van der Waals surface area contributed by atoms with Gasteiger partial charge in [-0.1, -0.05) is 35.9 Å². The molecule has 0 atom stereocenters. The van der Waals surface area contributed by atoms with E-state index in [-0.39, 0.29) is 22.7 Å². The van der Waals surface area contributed by atoms with Crippen molar-refractivity contribution in [3.63, 3.8) is 0 Å². The van der Waals surface area contributed by atoms with Gasteiger partial charge in [-0.2, -0.15) is 5.10 Å². The quantitative estimate of drug-likeness (QED) is 0.500. The molecule has 0 saturated carbocycles. The number of carbonyl (C=O) groups excluding carboxylic acids is 1. The molecule has 0 fully saturated rings. The van der Waals surface area contributed by atoms with Gasteiger partial charge in [0.05, 0.1) is 12.0 Å². The molecule has 7 nitrogen and oxygen atoms in total. The average Bonchev–Trinajstić information content (AvgIpc) is 3.16. The standard InChI is InChI=1S/C22H18ClN5O2/c1-26-13-24-18-19(21(29)27-11-10-14-4-2-3-5-15(14)12-27)25-28(20(18)22(26)30)17-8-6-16(23)7-9-17/h2-9,13H,10-12H2,1H3. The Labute approximate surface area is 177 Å². The number of fused-ring (bicyclic) bond motifs is 2. The van der Waals surface area contributed by atoms with Gasteiger partial charge in [0.1, 0.15) is 5.52 Å². The van der Waals surface area contributed by atoms with E-state index in [9.17, 15) is 9.59 Å². The van der Waals surface area contributed by atoms with Crippen molar-refractivity contribution in [3.05, 3.63) is 87.1 Å². The Balaban J connectivity index is 1.63. The predicted molar refractivity (Wildman–Crippen MR) is 114 cm³/mol. The van der Waals surface area contributed by atoms with E-state index in [0.29, 0.717) is 29.3 Å². The third-order valence-corrected chi connectivity index (χ3v) is 5.69. The lowest BCUT2D eigenvalue weighted by molar-refractivity contribution is 0.0730. The molecule has 8 heteroatoms. The van der Waals surface area contributed by atoms with Crippen LogP contribution in [0.5, 0.6) is 0 Å². The van der Waals surface area contributed by atoms with Crippen molar-refractivity contribution in [2.24, 2.45) is 7.05 Å². The number of aromatic nitrogens is 4. The Hall–Kier alpha value is -3.45. The molecule has 1 aliphatic heterocycles. The first kappa shape index (κ1) is 18.6. The van der Waals surface area contributed by atoms with E-state index < -0.39 is 0 Å². The highest BCUT2D eigenvalue weighted by atomic mass is 35.5. The Morgan fingerprint density at radius 2 is 1.80 bits per heavy atom. The van der Waals surface area contributed by atoms with Crippen LogP contribution in [0.2, 0.25) is 5.02 Å². The maximum absolute atomic E-state index is 13.4. The highest BCUT2D eigenvalue weighted by molar-refractivity contribution is 6.30. The number of nitrogens with zero attached hydrogens (tertiary/aromatic N) is 5. The number of rotatable bonds is 2. The van der Waals surface area contributed by atoms with Crippen molar-refractivity contribution in [2.75, 3.05) is 6.54 Å². The minimum atomic E-state index is -0.273. The summed E-state index contributed by atoms with van der Waals surface area (Å²) in [5.41, 5.74) is 3.49. The topological polar surface area (TPSA) is 73.0 Å². The molecule has 30 heavy (non-hydrogen) atoms. The predicted octanol–water partition coefficient (Wildman–Crippen LogP) is 2.97. The molecule has 0 unspecified atom stereocenters. The maximum atomic E-state index is 13.4. The monoisotopic (exact) mass is 419 g/mol. The molecular weight excluding hydrogens is 402 g/mol. The number of aryl methyl sites for hydroxylation is 1. The minimum Gasteiger partial charge on any atom is -0.333 e. The van der Waals surface area contributed by atoms with E-state index in [1.165, 1.54) is 21.1 Å². The van der Waals surface area contributed by atoms with Gasteiger partial charge in [-0.15, -0.1) is 0 Å². The summed E-state index contributed by atoms with van der Waals surface area (Å²) in [6.45, 7) is 1.10. The van der Waals surface area contributed by atoms with Crippen LogP contribution < -0.4 is 5.56 Å². The van der Waals surface area contributed by atoms with Gasteiger partial charge >= 0.3 is 0 Å². The van der Waals surface area contributed by atoms with Gasteiger partial charge in [-0.05, 0) is 41.8 Å². The molecule has 5 rings (SSSR count). The summed E-state index contributed by atoms with van der Waals surface area (Å²) in [6.07, 6.45) is 2.20. The molecule has 0 spiro atoms. The highest BCUT2D eigenvalue weighted by Gasteiger charge is 2.28. The van der Waals surface area contributed by atoms with E-state index in [0.717, 1.165) is 12.0 Å². The number of halogens is 1. The molecule has 1 amide bonds. The molecule has 0 aliphatic carbocycles. The van der Waals surface area contributed by atoms with E-state index >= 15 is 0 Å². The second-order valence-corrected chi connectivity index (χ2v) is 7.78. The average molecular weight is 420 g/mol. The van der Waals surface area contributed by atoms with Gasteiger partial charge in [-0.3, -0.25) is 9.59 Å². The zero-order valence-corrected chi connectivity index (χ0v) is 17.0. The third kappa shape index (κ3) is 2.98. The van der Waals surface area contributed by atoms with Gasteiger partial charge in [0.25, 0.3) is 11.5 Å². The number of amides is 1. The maximum Gasteiger partial charge on any atom is 0.279 e. The van der Waals surface area contributed by atoms with Crippen LogP contribution in [0.3, 0.4) is 0 Å². The Morgan fingerprint density at radius 3 is 2.57 bits per heavy atom. The lowest BCUT2D eigenvalue weighted by Crippen LogP contribution is -2.36. The fourth-order valence-corrected chi connectivity index (χ4v) is 3.95. The third-order valence-electron chi connectivity index (χ3n) is 5.44. The van der Waals surface area contributed by atoms with E-state index in [4.69, 9.17) is 11.6 Å². The molecule has 1 aliphatic rings. The van der Waals surface area contributed by atoms with Crippen molar-refractivity contribution in [1.82, 2.24) is 24.2 Å². The SMILES string of the molecule is Cn1cnc2c(C(=O)N3CCc4ccccc4C3)nn(-c3ccc(Cl)cc3)c2c1=O. The van der Waals surface area contributed by atoms with E-state index in [1.54, 1.807) is 36.2 Å². The number of hydrogen-bond donors (Lipinski definition) is 0. The Bertz CT molecular complexity index is 1340. The fourth-order valence-electron chi connectivity index (χ4n) is 3.82. The van der Waals surface area contributed by atoms with Crippen molar-refractivity contribution in [2.45, 2.75) is 13.0 Å². The summed E-state index contributed by atoms with van der Waals surface area (Å²) >= 11 is 6.00. The summed E-state index contributed by atoms with van der Waals surface area (Å²) in [5, 5.41) is 5.10. The van der Waals surface area contributed by atoms with E-state index in [2.05, 4.69) is 16.1 Å². The lowest BCUT2D eigenvalue weighted by Gasteiger charge is -2.28. The first-order valence-electron chi connectivity index (χ1n) is 9.59. The zero-order valence-electron chi connectivity index (χ0n) is 16.2. The fraction of sp³-hybridized carbons (Fsp3) is 0.182. The van der Waals surface area contributed by atoms with Gasteiger partial charge in [-0.25, -0.2) is 9.67 Å². The summed E-state index contributed by atoms with van der Waals surface area (Å²) in [4.78, 5) is 32.4. The van der Waals surface area contributed by atoms with Crippen molar-refractivity contribution in [1.29, 1.82) is 0 Å². The second kappa shape index (κ2) is 7.11. The normalized spacial score (nSPS) is 13.5. The Kier molecular flexibility index (Phi) is 4.40. The van der Waals surface area contributed by atoms with Crippen molar-refractivity contribution in [3.8, 4) is 5.69 Å². The summed E-state index contributed by atoms with van der Waals surface area (Å²) in [5.74, 6) is -0.233. The van der Waals surface area contributed by atoms with Gasteiger partial charge < -0.3 is 9.47 Å². The lowest BCUT2D eigenvalue weighted by atomic mass is 10.00. The minimum absolute atomic E-state index is 0.178. The number of hydrogen-bond acceptors (Lipinski definition) is 4. The van der Waals surface area contributed by atoms with Crippen LogP contribution in [0.15, 0.2) is 59.7 Å². The summed E-state index contributed by atoms with van der Waals surface area (Å²) in [6, 6.07) is 15.1. The number of benzene rings is 2. The molecule has 4 aromatic rings. The van der Waals surface area contributed by atoms with Crippen LogP contribution in [-0.4, -0.2) is 36.7 Å². The van der Waals surface area contributed by atoms with Crippen LogP contribution in [0.1, 0.15) is 21.6 Å². The van der Waals surface area contributed by atoms with Crippen molar-refractivity contribution >= 4 is 28.5 Å². The molecule has 150 valence electrons. The first-order chi connectivity index (χ1) is 14.5. The van der Waals surface area contributed by atoms with Crippen LogP contribution in [-0.2, 0) is 20.0 Å². The van der Waals surface area contributed by atoms with Crippen LogP contribution in [0.25, 0.3) is 16.7 Å². The van der Waals surface area contributed by atoms with Crippen molar-refractivity contribution < 1.29 is 4.79 Å². The molecule has 3 heterocycles. The molecule has 0 saturated heterocycles. The smallest absolute Gasteiger partial charge is 0.279 e. The molecule has 0 bridgehead atoms. The van der Waals surface area contributed by atoms with Gasteiger partial charge in [0, 0.05) is 25.2 Å². The van der Waals surface area contributed by atoms with E-state index in [1.807, 2.05) is 18.2 Å². The van der Waals surface area contributed by atoms with Gasteiger partial charge in [0.15, 0.2) is 11.2 Å². The first-order valence-corrected chi connectivity index (χ1v) is 9.97. The molecule has 0 radical (unpaired) electrons. The summed E-state index contributed by atoms with van der Waals surface area (Å²) < 4.78 is 2.86. The van der Waals surface area contributed by atoms with Gasteiger partial charge in [0.2, 0.25) is 0 Å². The molecular formula is C22H18ClN5O2. The Morgan fingerprint density at radius 1 is 1.07 bits per heavy atom. The van der Waals surface area contributed by atoms with Crippen LogP contribution in [0.4, 0.5) is 0 Å². The summed E-state index contributed by atoms with van der Waals surface area (Å²) in [7, 11) is 1.62. The second-order valence-electron chi connectivity index (χ2n) is 7.34. The zero-order chi connectivity index (χ0) is 20.8. The number of carbonyl (C=O) groups is 1. The van der Waals surface area contributed by atoms with Crippen LogP contribution in [0, 0.1) is 0 Å². The largest absolute Gasteiger partial charge is 0.333 e. The molecule has 2 aromatic carbocycles. The molecule has 0 N–H and O–H groups in total. The molecule has 2 aromatic heterocycles. The van der Waals surface area contributed by atoms with Crippen LogP contribution >= 0.6 is 11.6 Å².